The molecular weight excluding hydrogens is 496 g/mol. The van der Waals surface area contributed by atoms with Crippen LogP contribution >= 0.6 is 11.8 Å². The molecule has 0 amide bonds. The van der Waals surface area contributed by atoms with Crippen LogP contribution < -0.4 is 20.1 Å². The van der Waals surface area contributed by atoms with Crippen LogP contribution in [-0.2, 0) is 19.7 Å². The van der Waals surface area contributed by atoms with Gasteiger partial charge in [0, 0.05) is 28.3 Å². The number of benzene rings is 4. The molecule has 38 heavy (non-hydrogen) atoms. The van der Waals surface area contributed by atoms with Gasteiger partial charge in [-0.05, 0) is 53.1 Å². The Hall–Kier alpha value is -4.27. The monoisotopic (exact) mass is 522 g/mol. The number of hydrogen-bond donors (Lipinski definition) is 3. The number of nitrogens with one attached hydrogen (secondary N) is 2. The van der Waals surface area contributed by atoms with Crippen LogP contribution in [0.5, 0.6) is 11.5 Å². The smallest absolute Gasteiger partial charge is 0.231 e. The number of aromatic nitrogens is 2. The summed E-state index contributed by atoms with van der Waals surface area (Å²) in [5.41, 5.74) is 3.96. The molecule has 8 heteroatoms. The van der Waals surface area contributed by atoms with Crippen LogP contribution in [0.25, 0.3) is 10.9 Å². The van der Waals surface area contributed by atoms with Gasteiger partial charge in [0.15, 0.2) is 11.5 Å². The number of rotatable bonds is 9. The van der Waals surface area contributed by atoms with E-state index in [2.05, 4.69) is 22.8 Å². The molecule has 0 radical (unpaired) electrons. The lowest BCUT2D eigenvalue weighted by molar-refractivity contribution is 0.174. The van der Waals surface area contributed by atoms with Crippen LogP contribution in [0.15, 0.2) is 101 Å². The van der Waals surface area contributed by atoms with E-state index in [9.17, 15) is 5.11 Å². The summed E-state index contributed by atoms with van der Waals surface area (Å²) >= 11 is 1.65. The van der Waals surface area contributed by atoms with Crippen LogP contribution in [0.2, 0.25) is 0 Å². The van der Waals surface area contributed by atoms with Gasteiger partial charge in [-0.3, -0.25) is 0 Å². The number of anilines is 2. The lowest BCUT2D eigenvalue weighted by atomic mass is 10.2. The molecule has 0 aliphatic carbocycles. The Morgan fingerprint density at radius 3 is 2.34 bits per heavy atom. The van der Waals surface area contributed by atoms with Gasteiger partial charge in [0.1, 0.15) is 5.82 Å². The SMILES string of the molecule is OCc1ccccc1Sc1ccccc1CNc1nc(NCc2ccc3c(c2)OCO3)c2ccccc2n1. The average molecular weight is 523 g/mol. The highest BCUT2D eigenvalue weighted by atomic mass is 32.2. The first-order valence-corrected chi connectivity index (χ1v) is 13.2. The average Bonchev–Trinajstić information content (AvgIpc) is 3.44. The van der Waals surface area contributed by atoms with E-state index in [1.54, 1.807) is 11.8 Å². The first-order chi connectivity index (χ1) is 18.8. The molecule has 7 nitrogen and oxygen atoms in total. The second-order valence-corrected chi connectivity index (χ2v) is 9.87. The van der Waals surface area contributed by atoms with Crippen LogP contribution in [0.4, 0.5) is 11.8 Å². The van der Waals surface area contributed by atoms with Crippen molar-refractivity contribution in [1.82, 2.24) is 9.97 Å². The zero-order valence-electron chi connectivity index (χ0n) is 20.6. The Kier molecular flexibility index (Phi) is 6.97. The number of nitrogens with zero attached hydrogens (tertiary/aromatic N) is 2. The van der Waals surface area contributed by atoms with E-state index in [0.29, 0.717) is 19.0 Å². The molecule has 0 bridgehead atoms. The molecule has 3 N–H and O–H groups in total. The van der Waals surface area contributed by atoms with Crippen LogP contribution in [-0.4, -0.2) is 21.9 Å². The molecule has 0 spiro atoms. The number of aliphatic hydroxyl groups excluding tert-OH is 1. The molecule has 0 fully saturated rings. The van der Waals surface area contributed by atoms with Gasteiger partial charge in [-0.1, -0.05) is 66.4 Å². The number of fused-ring (bicyclic) bond motifs is 2. The topological polar surface area (TPSA) is 88.5 Å². The maximum Gasteiger partial charge on any atom is 0.231 e. The minimum Gasteiger partial charge on any atom is -0.454 e. The Bertz CT molecular complexity index is 1590. The van der Waals surface area contributed by atoms with Crippen molar-refractivity contribution in [3.63, 3.8) is 0 Å². The lowest BCUT2D eigenvalue weighted by Gasteiger charge is -2.14. The molecule has 1 aromatic heterocycles. The standard InChI is InChI=1S/C30H26N4O3S/c35-18-22-8-2-6-12-28(22)38-27-11-5-1-7-21(27)17-32-30-33-24-10-4-3-9-23(24)29(34-30)31-16-20-13-14-25-26(15-20)37-19-36-25/h1-15,35H,16-19H2,(H2,31,32,33,34). The van der Waals surface area contributed by atoms with E-state index in [4.69, 9.17) is 19.4 Å². The van der Waals surface area contributed by atoms with Gasteiger partial charge in [-0.15, -0.1) is 0 Å². The van der Waals surface area contributed by atoms with Crippen molar-refractivity contribution >= 4 is 34.4 Å². The maximum atomic E-state index is 9.73. The van der Waals surface area contributed by atoms with Crippen molar-refractivity contribution in [2.75, 3.05) is 17.4 Å². The third-order valence-corrected chi connectivity index (χ3v) is 7.51. The second kappa shape index (κ2) is 11.0. The van der Waals surface area contributed by atoms with Gasteiger partial charge < -0.3 is 25.2 Å². The summed E-state index contributed by atoms with van der Waals surface area (Å²) in [6.45, 7) is 1.41. The summed E-state index contributed by atoms with van der Waals surface area (Å²) in [6.07, 6.45) is 0. The molecular formula is C30H26N4O3S. The Labute approximate surface area is 224 Å². The molecule has 6 rings (SSSR count). The molecule has 2 heterocycles. The molecule has 0 unspecified atom stereocenters. The second-order valence-electron chi connectivity index (χ2n) is 8.78. The Balaban J connectivity index is 1.22. The van der Waals surface area contributed by atoms with Gasteiger partial charge in [0.25, 0.3) is 0 Å². The van der Waals surface area contributed by atoms with Gasteiger partial charge in [-0.2, -0.15) is 4.98 Å². The minimum absolute atomic E-state index is 0.0105. The highest BCUT2D eigenvalue weighted by Gasteiger charge is 2.14. The van der Waals surface area contributed by atoms with Crippen molar-refractivity contribution in [2.45, 2.75) is 29.5 Å². The molecule has 4 aromatic carbocycles. The fourth-order valence-electron chi connectivity index (χ4n) is 4.30. The maximum absolute atomic E-state index is 9.73. The summed E-state index contributed by atoms with van der Waals surface area (Å²) in [5.74, 6) is 2.84. The van der Waals surface area contributed by atoms with E-state index in [-0.39, 0.29) is 13.4 Å². The van der Waals surface area contributed by atoms with Crippen LogP contribution in [0, 0.1) is 0 Å². The number of ether oxygens (including phenoxy) is 2. The normalized spacial score (nSPS) is 12.0. The van der Waals surface area contributed by atoms with E-state index < -0.39 is 0 Å². The zero-order valence-corrected chi connectivity index (χ0v) is 21.4. The fraction of sp³-hybridized carbons (Fsp3) is 0.133. The molecule has 0 saturated heterocycles. The molecule has 1 aliphatic rings. The largest absolute Gasteiger partial charge is 0.454 e. The van der Waals surface area contributed by atoms with E-state index >= 15 is 0 Å². The Morgan fingerprint density at radius 2 is 1.47 bits per heavy atom. The van der Waals surface area contributed by atoms with Gasteiger partial charge in [-0.25, -0.2) is 4.98 Å². The van der Waals surface area contributed by atoms with E-state index in [1.165, 1.54) is 0 Å². The van der Waals surface area contributed by atoms with Crippen molar-refractivity contribution < 1.29 is 14.6 Å². The van der Waals surface area contributed by atoms with E-state index in [1.807, 2.05) is 78.9 Å². The van der Waals surface area contributed by atoms with Crippen LogP contribution in [0.3, 0.4) is 0 Å². The van der Waals surface area contributed by atoms with Crippen LogP contribution in [0.1, 0.15) is 16.7 Å². The quantitative estimate of drug-likeness (QED) is 0.210. The third kappa shape index (κ3) is 5.22. The van der Waals surface area contributed by atoms with Crippen molar-refractivity contribution in [3.8, 4) is 11.5 Å². The number of para-hydroxylation sites is 1. The van der Waals surface area contributed by atoms with Crippen molar-refractivity contribution in [1.29, 1.82) is 0 Å². The van der Waals surface area contributed by atoms with Gasteiger partial charge >= 0.3 is 0 Å². The summed E-state index contributed by atoms with van der Waals surface area (Å²) in [6, 6.07) is 30.1. The molecule has 0 saturated carbocycles. The van der Waals surface area contributed by atoms with E-state index in [0.717, 1.165) is 54.7 Å². The van der Waals surface area contributed by atoms with Crippen molar-refractivity contribution in [2.24, 2.45) is 0 Å². The zero-order chi connectivity index (χ0) is 25.7. The predicted octanol–water partition coefficient (Wildman–Crippen LogP) is 6.23. The molecule has 5 aromatic rings. The van der Waals surface area contributed by atoms with Gasteiger partial charge in [0.2, 0.25) is 12.7 Å². The lowest BCUT2D eigenvalue weighted by Crippen LogP contribution is -2.08. The molecule has 190 valence electrons. The highest BCUT2D eigenvalue weighted by molar-refractivity contribution is 7.99. The first-order valence-electron chi connectivity index (χ1n) is 12.3. The molecule has 0 atom stereocenters. The van der Waals surface area contributed by atoms with Gasteiger partial charge in [0.05, 0.1) is 12.1 Å². The molecule has 1 aliphatic heterocycles. The third-order valence-electron chi connectivity index (χ3n) is 6.27. The Morgan fingerprint density at radius 1 is 0.737 bits per heavy atom. The fourth-order valence-corrected chi connectivity index (χ4v) is 5.37. The summed E-state index contributed by atoms with van der Waals surface area (Å²) < 4.78 is 10.9. The highest BCUT2D eigenvalue weighted by Crippen LogP contribution is 2.34. The van der Waals surface area contributed by atoms with Crippen molar-refractivity contribution in [3.05, 3.63) is 108 Å². The number of hydrogen-bond acceptors (Lipinski definition) is 8. The predicted molar refractivity (Wildman–Crippen MR) is 150 cm³/mol. The minimum atomic E-state index is 0.0105. The first kappa shape index (κ1) is 24.1. The summed E-state index contributed by atoms with van der Waals surface area (Å²) in [4.78, 5) is 11.7. The summed E-state index contributed by atoms with van der Waals surface area (Å²) in [7, 11) is 0. The number of aliphatic hydroxyl groups is 1. The summed E-state index contributed by atoms with van der Waals surface area (Å²) in [5, 5.41) is 17.6.